The molecule has 2 unspecified atom stereocenters. The standard InChI is InChI=1S/C15H21ClN2S/c1-10-3-2-4-12(7-5-10)18-14-8-6-11(15(17)19)9-13(14)16/h6,8-10,12,18H,2-5,7H2,1H3,(H2,17,19). The Balaban J connectivity index is 2.04. The fourth-order valence-corrected chi connectivity index (χ4v) is 3.00. The highest BCUT2D eigenvalue weighted by Crippen LogP contribution is 2.28. The van der Waals surface area contributed by atoms with Crippen LogP contribution in [0.25, 0.3) is 0 Å². The predicted octanol–water partition coefficient (Wildman–Crippen LogP) is 4.35. The zero-order valence-electron chi connectivity index (χ0n) is 11.3. The molecule has 0 heterocycles. The van der Waals surface area contributed by atoms with E-state index >= 15 is 0 Å². The Kier molecular flexibility index (Phi) is 5.06. The van der Waals surface area contributed by atoms with Gasteiger partial charge in [-0.15, -0.1) is 0 Å². The van der Waals surface area contributed by atoms with E-state index in [0.717, 1.165) is 17.2 Å². The molecule has 0 amide bonds. The second-order valence-corrected chi connectivity index (χ2v) is 6.36. The molecule has 2 atom stereocenters. The first-order valence-corrected chi connectivity index (χ1v) is 7.71. The molecule has 1 aromatic carbocycles. The number of halogens is 1. The summed E-state index contributed by atoms with van der Waals surface area (Å²) >= 11 is 11.2. The van der Waals surface area contributed by atoms with E-state index in [0.29, 0.717) is 16.1 Å². The summed E-state index contributed by atoms with van der Waals surface area (Å²) in [4.78, 5) is 0.386. The van der Waals surface area contributed by atoms with Gasteiger partial charge in [-0.05, 0) is 43.4 Å². The van der Waals surface area contributed by atoms with Crippen molar-refractivity contribution in [2.45, 2.75) is 45.1 Å². The molecule has 19 heavy (non-hydrogen) atoms. The van der Waals surface area contributed by atoms with Crippen molar-refractivity contribution in [3.63, 3.8) is 0 Å². The summed E-state index contributed by atoms with van der Waals surface area (Å²) < 4.78 is 0. The number of hydrogen-bond donors (Lipinski definition) is 2. The quantitative estimate of drug-likeness (QED) is 0.643. The van der Waals surface area contributed by atoms with E-state index in [1.54, 1.807) is 0 Å². The predicted molar refractivity (Wildman–Crippen MR) is 87.0 cm³/mol. The maximum atomic E-state index is 6.28. The fourth-order valence-electron chi connectivity index (χ4n) is 2.64. The van der Waals surface area contributed by atoms with Gasteiger partial charge in [-0.2, -0.15) is 0 Å². The average molecular weight is 297 g/mol. The number of thiocarbonyl (C=S) groups is 1. The third-order valence-corrected chi connectivity index (χ3v) is 4.42. The van der Waals surface area contributed by atoms with Gasteiger partial charge < -0.3 is 11.1 Å². The van der Waals surface area contributed by atoms with Gasteiger partial charge >= 0.3 is 0 Å². The highest BCUT2D eigenvalue weighted by molar-refractivity contribution is 7.80. The smallest absolute Gasteiger partial charge is 0.104 e. The van der Waals surface area contributed by atoms with Gasteiger partial charge in [-0.25, -0.2) is 0 Å². The average Bonchev–Trinajstić information content (AvgIpc) is 2.57. The van der Waals surface area contributed by atoms with Crippen molar-refractivity contribution in [1.29, 1.82) is 0 Å². The van der Waals surface area contributed by atoms with Crippen LogP contribution >= 0.6 is 23.8 Å². The van der Waals surface area contributed by atoms with E-state index in [4.69, 9.17) is 29.6 Å². The zero-order chi connectivity index (χ0) is 13.8. The van der Waals surface area contributed by atoms with Crippen molar-refractivity contribution in [2.75, 3.05) is 5.32 Å². The molecule has 0 aliphatic heterocycles. The number of nitrogens with one attached hydrogen (secondary N) is 1. The van der Waals surface area contributed by atoms with Crippen LogP contribution in [-0.4, -0.2) is 11.0 Å². The van der Waals surface area contributed by atoms with Gasteiger partial charge in [0.15, 0.2) is 0 Å². The van der Waals surface area contributed by atoms with Crippen LogP contribution in [0.1, 0.15) is 44.6 Å². The molecule has 3 N–H and O–H groups in total. The van der Waals surface area contributed by atoms with Crippen LogP contribution in [0.15, 0.2) is 18.2 Å². The van der Waals surface area contributed by atoms with Gasteiger partial charge in [-0.1, -0.05) is 43.6 Å². The minimum Gasteiger partial charge on any atom is -0.389 e. The number of nitrogens with two attached hydrogens (primary N) is 1. The molecule has 2 rings (SSSR count). The molecular weight excluding hydrogens is 276 g/mol. The van der Waals surface area contributed by atoms with Crippen LogP contribution < -0.4 is 11.1 Å². The van der Waals surface area contributed by atoms with E-state index in [9.17, 15) is 0 Å². The first-order valence-electron chi connectivity index (χ1n) is 6.92. The molecule has 4 heteroatoms. The number of rotatable bonds is 3. The van der Waals surface area contributed by atoms with Crippen molar-refractivity contribution in [1.82, 2.24) is 0 Å². The summed E-state index contributed by atoms with van der Waals surface area (Å²) in [5.74, 6) is 0.847. The lowest BCUT2D eigenvalue weighted by Gasteiger charge is -2.19. The molecule has 0 bridgehead atoms. The SMILES string of the molecule is CC1CCCC(Nc2ccc(C(N)=S)cc2Cl)CC1. The highest BCUT2D eigenvalue weighted by atomic mass is 35.5. The number of anilines is 1. The maximum Gasteiger partial charge on any atom is 0.104 e. The third kappa shape index (κ3) is 4.08. The number of benzene rings is 1. The molecule has 0 spiro atoms. The molecule has 0 aromatic heterocycles. The van der Waals surface area contributed by atoms with Gasteiger partial charge in [0.1, 0.15) is 4.99 Å². The molecule has 104 valence electrons. The van der Waals surface area contributed by atoms with Crippen LogP contribution in [-0.2, 0) is 0 Å². The Morgan fingerprint density at radius 1 is 1.32 bits per heavy atom. The Hall–Kier alpha value is -0.800. The van der Waals surface area contributed by atoms with E-state index in [2.05, 4.69) is 12.2 Å². The van der Waals surface area contributed by atoms with Crippen LogP contribution in [0.3, 0.4) is 0 Å². The largest absolute Gasteiger partial charge is 0.389 e. The van der Waals surface area contributed by atoms with Crippen molar-refractivity contribution in [3.05, 3.63) is 28.8 Å². The Morgan fingerprint density at radius 3 is 2.79 bits per heavy atom. The van der Waals surface area contributed by atoms with Crippen molar-refractivity contribution >= 4 is 34.5 Å². The molecule has 1 aliphatic carbocycles. The summed E-state index contributed by atoms with van der Waals surface area (Å²) in [6, 6.07) is 6.27. The van der Waals surface area contributed by atoms with Crippen molar-refractivity contribution in [3.8, 4) is 0 Å². The van der Waals surface area contributed by atoms with Crippen LogP contribution in [0, 0.1) is 5.92 Å². The highest BCUT2D eigenvalue weighted by Gasteiger charge is 2.16. The minimum absolute atomic E-state index is 0.386. The molecule has 1 aromatic rings. The molecule has 1 fully saturated rings. The van der Waals surface area contributed by atoms with E-state index in [1.807, 2.05) is 18.2 Å². The van der Waals surface area contributed by atoms with Gasteiger partial charge in [0.05, 0.1) is 10.7 Å². The summed E-state index contributed by atoms with van der Waals surface area (Å²) in [6.07, 6.45) is 6.36. The monoisotopic (exact) mass is 296 g/mol. The van der Waals surface area contributed by atoms with Gasteiger partial charge in [0.25, 0.3) is 0 Å². The Labute approximate surface area is 125 Å². The molecule has 0 saturated heterocycles. The lowest BCUT2D eigenvalue weighted by Crippen LogP contribution is -2.19. The van der Waals surface area contributed by atoms with Crippen LogP contribution in [0.4, 0.5) is 5.69 Å². The minimum atomic E-state index is 0.386. The summed E-state index contributed by atoms with van der Waals surface area (Å²) in [5.41, 5.74) is 7.41. The molecule has 2 nitrogen and oxygen atoms in total. The van der Waals surface area contributed by atoms with Gasteiger partial charge in [0, 0.05) is 11.6 Å². The van der Waals surface area contributed by atoms with Crippen molar-refractivity contribution < 1.29 is 0 Å². The second-order valence-electron chi connectivity index (χ2n) is 5.51. The summed E-state index contributed by atoms with van der Waals surface area (Å²) in [7, 11) is 0. The zero-order valence-corrected chi connectivity index (χ0v) is 12.9. The maximum absolute atomic E-state index is 6.28. The molecule has 0 radical (unpaired) electrons. The van der Waals surface area contributed by atoms with E-state index in [1.165, 1.54) is 32.1 Å². The summed E-state index contributed by atoms with van der Waals surface area (Å²) in [5, 5.41) is 4.26. The normalized spacial score (nSPS) is 23.7. The number of hydrogen-bond acceptors (Lipinski definition) is 2. The fraction of sp³-hybridized carbons (Fsp3) is 0.533. The van der Waals surface area contributed by atoms with Gasteiger partial charge in [-0.3, -0.25) is 0 Å². The first-order chi connectivity index (χ1) is 9.06. The van der Waals surface area contributed by atoms with Crippen LogP contribution in [0.2, 0.25) is 5.02 Å². The van der Waals surface area contributed by atoms with Gasteiger partial charge in [0.2, 0.25) is 0 Å². The Bertz CT molecular complexity index is 461. The molecular formula is C15H21ClN2S. The van der Waals surface area contributed by atoms with Crippen molar-refractivity contribution in [2.24, 2.45) is 11.7 Å². The second kappa shape index (κ2) is 6.58. The third-order valence-electron chi connectivity index (χ3n) is 3.87. The topological polar surface area (TPSA) is 38.0 Å². The first kappa shape index (κ1) is 14.6. The Morgan fingerprint density at radius 2 is 2.11 bits per heavy atom. The lowest BCUT2D eigenvalue weighted by atomic mass is 10.0. The lowest BCUT2D eigenvalue weighted by molar-refractivity contribution is 0.502. The van der Waals surface area contributed by atoms with E-state index < -0.39 is 0 Å². The van der Waals surface area contributed by atoms with Crippen LogP contribution in [0.5, 0.6) is 0 Å². The molecule has 1 saturated carbocycles. The van der Waals surface area contributed by atoms with E-state index in [-0.39, 0.29) is 0 Å². The molecule has 1 aliphatic rings. The summed E-state index contributed by atoms with van der Waals surface area (Å²) in [6.45, 7) is 2.34.